The Labute approximate surface area is 222 Å². The number of aliphatic hydroxyl groups is 1. The Bertz CT molecular complexity index is 1510. The van der Waals surface area contributed by atoms with E-state index in [2.05, 4.69) is 15.2 Å². The minimum Gasteiger partial charge on any atom is -0.489 e. The van der Waals surface area contributed by atoms with Crippen LogP contribution < -0.4 is 4.74 Å². The van der Waals surface area contributed by atoms with E-state index in [1.165, 1.54) is 23.4 Å². The lowest BCUT2D eigenvalue weighted by atomic mass is 9.80. The van der Waals surface area contributed by atoms with Gasteiger partial charge in [0.2, 0.25) is 0 Å². The van der Waals surface area contributed by atoms with Gasteiger partial charge in [0.05, 0.1) is 12.5 Å². The molecule has 1 N–H and O–H groups in total. The molecule has 0 aliphatic carbocycles. The zero-order valence-electron chi connectivity index (χ0n) is 20.3. The van der Waals surface area contributed by atoms with E-state index in [1.54, 1.807) is 13.0 Å². The van der Waals surface area contributed by atoms with Crippen molar-refractivity contribution in [2.24, 2.45) is 0 Å². The summed E-state index contributed by atoms with van der Waals surface area (Å²) in [4.78, 5) is 3.89. The smallest absolute Gasteiger partial charge is 0.143 e. The highest BCUT2D eigenvalue weighted by Crippen LogP contribution is 2.40. The van der Waals surface area contributed by atoms with Gasteiger partial charge in [-0.3, -0.25) is 0 Å². The Kier molecular flexibility index (Phi) is 7.22. The van der Waals surface area contributed by atoms with Gasteiger partial charge in [-0.25, -0.2) is 18.4 Å². The topological polar surface area (TPSA) is 86.2 Å². The van der Waals surface area contributed by atoms with Crippen molar-refractivity contribution in [3.63, 3.8) is 0 Å². The van der Waals surface area contributed by atoms with Crippen molar-refractivity contribution >= 4 is 11.6 Å². The fourth-order valence-electron chi connectivity index (χ4n) is 4.19. The van der Waals surface area contributed by atoms with Crippen LogP contribution in [0.15, 0.2) is 90.0 Å². The van der Waals surface area contributed by atoms with Crippen LogP contribution in [0.1, 0.15) is 29.7 Å². The Morgan fingerprint density at radius 3 is 2.50 bits per heavy atom. The maximum absolute atomic E-state index is 14.8. The van der Waals surface area contributed by atoms with Crippen LogP contribution >= 0.6 is 11.6 Å². The lowest BCUT2D eigenvalue weighted by molar-refractivity contribution is -0.0181. The molecule has 0 bridgehead atoms. The van der Waals surface area contributed by atoms with Gasteiger partial charge in [0, 0.05) is 28.3 Å². The Balaban J connectivity index is 1.36. The summed E-state index contributed by atoms with van der Waals surface area (Å²) in [6, 6.07) is 19.5. The van der Waals surface area contributed by atoms with Gasteiger partial charge in [-0.05, 0) is 48.0 Å². The zero-order chi connectivity index (χ0) is 26.7. The van der Waals surface area contributed by atoms with E-state index in [-0.39, 0.29) is 12.1 Å². The number of nitrogens with zero attached hydrogens (tertiary/aromatic N) is 4. The third-order valence-corrected chi connectivity index (χ3v) is 6.66. The maximum Gasteiger partial charge on any atom is 0.143 e. The first-order valence-corrected chi connectivity index (χ1v) is 12.1. The van der Waals surface area contributed by atoms with Gasteiger partial charge in [-0.2, -0.15) is 5.10 Å². The monoisotopic (exact) mass is 536 g/mol. The van der Waals surface area contributed by atoms with Crippen molar-refractivity contribution in [1.82, 2.24) is 19.9 Å². The number of rotatable bonds is 9. The molecule has 3 aromatic carbocycles. The first-order chi connectivity index (χ1) is 18.3. The van der Waals surface area contributed by atoms with Crippen molar-refractivity contribution in [3.05, 3.63) is 119 Å². The molecule has 5 rings (SSSR count). The average Bonchev–Trinajstić information content (AvgIpc) is 3.61. The van der Waals surface area contributed by atoms with E-state index in [1.807, 2.05) is 48.5 Å². The lowest BCUT2D eigenvalue weighted by Crippen LogP contribution is -2.38. The molecule has 2 atom stereocenters. The van der Waals surface area contributed by atoms with Gasteiger partial charge < -0.3 is 14.4 Å². The second-order valence-electron chi connectivity index (χ2n) is 8.92. The first kappa shape index (κ1) is 25.6. The largest absolute Gasteiger partial charge is 0.489 e. The summed E-state index contributed by atoms with van der Waals surface area (Å²) in [5.74, 6) is -1.42. The molecule has 0 amide bonds. The van der Waals surface area contributed by atoms with Gasteiger partial charge in [-0.1, -0.05) is 41.9 Å². The molecule has 2 heterocycles. The second-order valence-corrected chi connectivity index (χ2v) is 9.35. The number of aromatic nitrogens is 4. The van der Waals surface area contributed by atoms with Crippen LogP contribution in [-0.4, -0.2) is 25.0 Å². The summed E-state index contributed by atoms with van der Waals surface area (Å²) in [6.45, 7) is 1.93. The minimum atomic E-state index is -1.85. The molecular formula is C28H23ClF2N4O3. The van der Waals surface area contributed by atoms with Crippen molar-refractivity contribution in [2.75, 3.05) is 0 Å². The summed E-state index contributed by atoms with van der Waals surface area (Å²) in [5.41, 5.74) is 0.339. The van der Waals surface area contributed by atoms with Crippen molar-refractivity contribution < 1.29 is 23.1 Å². The zero-order valence-corrected chi connectivity index (χ0v) is 21.0. The van der Waals surface area contributed by atoms with E-state index >= 15 is 0 Å². The molecule has 0 aliphatic heterocycles. The predicted octanol–water partition coefficient (Wildman–Crippen LogP) is 6.14. The fourth-order valence-corrected chi connectivity index (χ4v) is 4.32. The highest BCUT2D eigenvalue weighted by atomic mass is 35.5. The number of halogens is 3. The van der Waals surface area contributed by atoms with Gasteiger partial charge in [0.15, 0.2) is 0 Å². The number of benzene rings is 3. The molecule has 0 fully saturated rings. The summed E-state index contributed by atoms with van der Waals surface area (Å²) < 4.78 is 41.2. The molecule has 7 nitrogen and oxygen atoms in total. The van der Waals surface area contributed by atoms with Crippen LogP contribution in [-0.2, 0) is 18.8 Å². The molecule has 0 unspecified atom stereocenters. The molecule has 38 heavy (non-hydrogen) atoms. The third-order valence-electron chi connectivity index (χ3n) is 6.41. The van der Waals surface area contributed by atoms with Crippen LogP contribution in [0, 0.1) is 11.6 Å². The molecule has 0 saturated heterocycles. The molecule has 0 saturated carbocycles. The van der Waals surface area contributed by atoms with Gasteiger partial charge >= 0.3 is 0 Å². The third kappa shape index (κ3) is 5.44. The van der Waals surface area contributed by atoms with Crippen LogP contribution in [0.3, 0.4) is 0 Å². The quantitative estimate of drug-likeness (QED) is 0.244. The molecule has 0 spiro atoms. The lowest BCUT2D eigenvalue weighted by Gasteiger charge is -2.33. The van der Waals surface area contributed by atoms with Gasteiger partial charge in [0.25, 0.3) is 0 Å². The highest BCUT2D eigenvalue weighted by molar-refractivity contribution is 6.30. The van der Waals surface area contributed by atoms with Gasteiger partial charge in [-0.15, -0.1) is 0 Å². The Morgan fingerprint density at radius 2 is 1.82 bits per heavy atom. The normalized spacial score (nSPS) is 13.7. The Morgan fingerprint density at radius 1 is 1.05 bits per heavy atom. The van der Waals surface area contributed by atoms with E-state index in [0.29, 0.717) is 28.8 Å². The van der Waals surface area contributed by atoms with Crippen LogP contribution in [0.4, 0.5) is 8.78 Å². The SMILES string of the molecule is C[C@@H](c1cc(-c2ccc(OCc3ccc(Cl)cc3)cc2)no1)[C@](O)(Cn1cncn1)c1ccc(F)cc1F. The summed E-state index contributed by atoms with van der Waals surface area (Å²) >= 11 is 5.92. The average molecular weight is 537 g/mol. The molecular weight excluding hydrogens is 514 g/mol. The van der Waals surface area contributed by atoms with Crippen molar-refractivity contribution in [1.29, 1.82) is 0 Å². The number of ether oxygens (including phenoxy) is 1. The van der Waals surface area contributed by atoms with Crippen LogP contribution in [0.2, 0.25) is 5.02 Å². The molecule has 5 aromatic rings. The van der Waals surface area contributed by atoms with Crippen LogP contribution in [0.25, 0.3) is 11.3 Å². The molecule has 194 valence electrons. The molecule has 0 radical (unpaired) electrons. The van der Waals surface area contributed by atoms with E-state index in [0.717, 1.165) is 23.3 Å². The van der Waals surface area contributed by atoms with Crippen LogP contribution in [0.5, 0.6) is 5.75 Å². The molecule has 0 aliphatic rings. The van der Waals surface area contributed by atoms with Crippen molar-refractivity contribution in [2.45, 2.75) is 31.6 Å². The maximum atomic E-state index is 14.8. The number of hydrogen-bond acceptors (Lipinski definition) is 6. The van der Waals surface area contributed by atoms with Crippen molar-refractivity contribution in [3.8, 4) is 17.0 Å². The van der Waals surface area contributed by atoms with E-state index < -0.39 is 23.2 Å². The van der Waals surface area contributed by atoms with E-state index in [9.17, 15) is 13.9 Å². The van der Waals surface area contributed by atoms with E-state index in [4.69, 9.17) is 20.9 Å². The predicted molar refractivity (Wildman–Crippen MR) is 136 cm³/mol. The number of hydrogen-bond donors (Lipinski definition) is 1. The highest BCUT2D eigenvalue weighted by Gasteiger charge is 2.42. The summed E-state index contributed by atoms with van der Waals surface area (Å²) in [7, 11) is 0. The minimum absolute atomic E-state index is 0.0953. The first-order valence-electron chi connectivity index (χ1n) is 11.8. The Hall–Kier alpha value is -4.08. The van der Waals surface area contributed by atoms with Gasteiger partial charge in [0.1, 0.15) is 53.7 Å². The summed E-state index contributed by atoms with van der Waals surface area (Å²) in [6.07, 6.45) is 2.71. The summed E-state index contributed by atoms with van der Waals surface area (Å²) in [5, 5.41) is 20.6. The molecule has 10 heteroatoms. The fraction of sp³-hybridized carbons (Fsp3) is 0.179. The standard InChI is InChI=1S/C28H23ClF2N4O3/c1-18(28(36,15-35-17-32-16-33-35)24-11-8-22(30)12-25(24)31)27-13-26(34-38-27)20-4-9-23(10-5-20)37-14-19-2-6-21(29)7-3-19/h2-13,16-18,36H,14-15H2,1H3/t18-,28+/m0/s1. The molecule has 2 aromatic heterocycles. The second kappa shape index (κ2) is 10.7.